The quantitative estimate of drug-likeness (QED) is 0.788. The first kappa shape index (κ1) is 19.7. The fraction of sp³-hybridized carbons (Fsp3) is 0.500. The first-order valence-corrected chi connectivity index (χ1v) is 6.45. The molecule has 0 aliphatic heterocycles. The minimum Gasteiger partial charge on any atom is -0.350 e. The van der Waals surface area contributed by atoms with Crippen molar-refractivity contribution in [1.29, 1.82) is 0 Å². The number of amides is 1. The summed E-state index contributed by atoms with van der Waals surface area (Å²) in [6.45, 7) is 2.40. The zero-order valence-electron chi connectivity index (χ0n) is 12.0. The lowest BCUT2D eigenvalue weighted by molar-refractivity contribution is -0.137. The van der Waals surface area contributed by atoms with Crippen LogP contribution >= 0.6 is 12.4 Å². The fourth-order valence-electron chi connectivity index (χ4n) is 1.81. The van der Waals surface area contributed by atoms with Gasteiger partial charge in [-0.15, -0.1) is 12.4 Å². The third kappa shape index (κ3) is 6.82. The van der Waals surface area contributed by atoms with E-state index in [1.807, 2.05) is 0 Å². The summed E-state index contributed by atoms with van der Waals surface area (Å²) in [5.74, 6) is -0.162. The van der Waals surface area contributed by atoms with Gasteiger partial charge in [-0.2, -0.15) is 13.2 Å². The number of hydrogen-bond donors (Lipinski definition) is 2. The maximum Gasteiger partial charge on any atom is 0.416 e. The molecule has 0 aliphatic carbocycles. The zero-order chi connectivity index (χ0) is 15.2. The molecular weight excluding hydrogens is 305 g/mol. The maximum atomic E-state index is 12.6. The molecule has 7 heteroatoms. The van der Waals surface area contributed by atoms with Crippen molar-refractivity contribution >= 4 is 18.3 Å². The Labute approximate surface area is 128 Å². The van der Waals surface area contributed by atoms with E-state index in [-0.39, 0.29) is 18.3 Å². The van der Waals surface area contributed by atoms with E-state index in [2.05, 4.69) is 10.6 Å². The molecule has 0 saturated carbocycles. The highest BCUT2D eigenvalue weighted by Gasteiger charge is 2.30. The summed E-state index contributed by atoms with van der Waals surface area (Å²) in [4.78, 5) is 11.6. The second-order valence-corrected chi connectivity index (χ2v) is 4.62. The second kappa shape index (κ2) is 8.89. The van der Waals surface area contributed by atoms with Crippen LogP contribution in [0.2, 0.25) is 0 Å². The van der Waals surface area contributed by atoms with Crippen LogP contribution in [0.4, 0.5) is 13.2 Å². The summed E-state index contributed by atoms with van der Waals surface area (Å²) in [6, 6.07) is 4.57. The molecule has 0 heterocycles. The number of nitrogens with one attached hydrogen (secondary N) is 2. The van der Waals surface area contributed by atoms with Gasteiger partial charge in [0.05, 0.1) is 11.6 Å². The Morgan fingerprint density at radius 2 is 2.00 bits per heavy atom. The zero-order valence-corrected chi connectivity index (χ0v) is 12.8. The predicted octanol–water partition coefficient (Wildman–Crippen LogP) is 3.30. The molecule has 1 atom stereocenters. The number of carbonyl (C=O) groups excluding carboxylic acids is 1. The summed E-state index contributed by atoms with van der Waals surface area (Å²) < 4.78 is 37.8. The van der Waals surface area contributed by atoms with Crippen molar-refractivity contribution in [3.63, 3.8) is 0 Å². The fourth-order valence-corrected chi connectivity index (χ4v) is 1.81. The number of alkyl halides is 3. The molecule has 0 fully saturated rings. The molecule has 2 N–H and O–H groups in total. The van der Waals surface area contributed by atoms with Crippen LogP contribution in [0, 0.1) is 0 Å². The minimum atomic E-state index is -4.37. The SMILES string of the molecule is CNCCCC(=O)NC(C)c1cccc(C(F)(F)F)c1.Cl. The summed E-state index contributed by atoms with van der Waals surface area (Å²) in [5.41, 5.74) is -0.256. The monoisotopic (exact) mass is 324 g/mol. The van der Waals surface area contributed by atoms with Crippen LogP contribution in [0.25, 0.3) is 0 Å². The third-order valence-electron chi connectivity index (χ3n) is 2.92. The van der Waals surface area contributed by atoms with Crippen molar-refractivity contribution in [3.05, 3.63) is 35.4 Å². The van der Waals surface area contributed by atoms with Crippen LogP contribution in [-0.2, 0) is 11.0 Å². The largest absolute Gasteiger partial charge is 0.416 e. The summed E-state index contributed by atoms with van der Waals surface area (Å²) >= 11 is 0. The summed E-state index contributed by atoms with van der Waals surface area (Å²) in [6.07, 6.45) is -3.33. The molecule has 0 radical (unpaired) electrons. The lowest BCUT2D eigenvalue weighted by Gasteiger charge is -2.16. The summed E-state index contributed by atoms with van der Waals surface area (Å²) in [7, 11) is 1.79. The van der Waals surface area contributed by atoms with Crippen molar-refractivity contribution in [2.75, 3.05) is 13.6 Å². The number of hydrogen-bond acceptors (Lipinski definition) is 2. The molecule has 1 aromatic rings. The van der Waals surface area contributed by atoms with Crippen LogP contribution < -0.4 is 10.6 Å². The van der Waals surface area contributed by atoms with Crippen molar-refractivity contribution in [1.82, 2.24) is 10.6 Å². The molecule has 0 aliphatic rings. The van der Waals surface area contributed by atoms with Gasteiger partial charge in [0, 0.05) is 6.42 Å². The van der Waals surface area contributed by atoms with Gasteiger partial charge < -0.3 is 10.6 Å². The number of halogens is 4. The van der Waals surface area contributed by atoms with Crippen LogP contribution in [0.3, 0.4) is 0 Å². The van der Waals surface area contributed by atoms with Crippen LogP contribution in [-0.4, -0.2) is 19.5 Å². The van der Waals surface area contributed by atoms with Gasteiger partial charge in [0.1, 0.15) is 0 Å². The summed E-state index contributed by atoms with van der Waals surface area (Å²) in [5, 5.41) is 5.63. The second-order valence-electron chi connectivity index (χ2n) is 4.62. The molecule has 0 spiro atoms. The van der Waals surface area contributed by atoms with E-state index in [1.165, 1.54) is 6.07 Å². The number of benzene rings is 1. The Bertz CT molecular complexity index is 452. The van der Waals surface area contributed by atoms with Gasteiger partial charge in [-0.05, 0) is 44.6 Å². The highest BCUT2D eigenvalue weighted by atomic mass is 35.5. The number of carbonyl (C=O) groups is 1. The smallest absolute Gasteiger partial charge is 0.350 e. The predicted molar refractivity (Wildman–Crippen MR) is 78.4 cm³/mol. The van der Waals surface area contributed by atoms with E-state index in [0.29, 0.717) is 18.4 Å². The van der Waals surface area contributed by atoms with Crippen LogP contribution in [0.1, 0.15) is 36.9 Å². The van der Waals surface area contributed by atoms with Crippen molar-refractivity contribution in [2.24, 2.45) is 0 Å². The van der Waals surface area contributed by atoms with Gasteiger partial charge in [-0.25, -0.2) is 0 Å². The van der Waals surface area contributed by atoms with Crippen molar-refractivity contribution in [2.45, 2.75) is 32.0 Å². The molecule has 3 nitrogen and oxygen atoms in total. The highest BCUT2D eigenvalue weighted by molar-refractivity contribution is 5.85. The Morgan fingerprint density at radius 1 is 1.33 bits per heavy atom. The Balaban J connectivity index is 0.00000400. The van der Waals surface area contributed by atoms with Gasteiger partial charge in [0.25, 0.3) is 0 Å². The van der Waals surface area contributed by atoms with E-state index in [9.17, 15) is 18.0 Å². The topological polar surface area (TPSA) is 41.1 Å². The molecule has 120 valence electrons. The lowest BCUT2D eigenvalue weighted by atomic mass is 10.0. The molecule has 21 heavy (non-hydrogen) atoms. The molecule has 1 unspecified atom stereocenters. The van der Waals surface area contributed by atoms with Gasteiger partial charge in [0.15, 0.2) is 0 Å². The first-order chi connectivity index (χ1) is 9.34. The number of rotatable bonds is 6. The van der Waals surface area contributed by atoms with Gasteiger partial charge in [0.2, 0.25) is 5.91 Å². The Morgan fingerprint density at radius 3 is 2.57 bits per heavy atom. The van der Waals surface area contributed by atoms with E-state index in [1.54, 1.807) is 20.0 Å². The highest BCUT2D eigenvalue weighted by Crippen LogP contribution is 2.30. The van der Waals surface area contributed by atoms with E-state index < -0.39 is 17.8 Å². The molecule has 1 aromatic carbocycles. The average Bonchev–Trinajstić information content (AvgIpc) is 2.38. The lowest BCUT2D eigenvalue weighted by Crippen LogP contribution is -2.27. The van der Waals surface area contributed by atoms with Gasteiger partial charge in [-0.1, -0.05) is 12.1 Å². The van der Waals surface area contributed by atoms with Crippen LogP contribution in [0.15, 0.2) is 24.3 Å². The van der Waals surface area contributed by atoms with Gasteiger partial charge >= 0.3 is 6.18 Å². The average molecular weight is 325 g/mol. The first-order valence-electron chi connectivity index (χ1n) is 6.45. The molecule has 0 bridgehead atoms. The molecule has 0 saturated heterocycles. The normalized spacial score (nSPS) is 12.4. The molecule has 1 amide bonds. The Hall–Kier alpha value is -1.27. The molecular formula is C14H20ClF3N2O. The van der Waals surface area contributed by atoms with E-state index in [0.717, 1.165) is 18.7 Å². The maximum absolute atomic E-state index is 12.6. The van der Waals surface area contributed by atoms with Crippen molar-refractivity contribution < 1.29 is 18.0 Å². The van der Waals surface area contributed by atoms with Crippen molar-refractivity contribution in [3.8, 4) is 0 Å². The third-order valence-corrected chi connectivity index (χ3v) is 2.92. The standard InChI is InChI=1S/C14H19F3N2O.ClH/c1-10(19-13(20)7-4-8-18-2)11-5-3-6-12(9-11)14(15,16)17;/h3,5-6,9-10,18H,4,7-8H2,1-2H3,(H,19,20);1H. The van der Waals surface area contributed by atoms with E-state index in [4.69, 9.17) is 0 Å². The Kier molecular flexibility index (Phi) is 8.36. The minimum absolute atomic E-state index is 0. The van der Waals surface area contributed by atoms with E-state index >= 15 is 0 Å². The van der Waals surface area contributed by atoms with Gasteiger partial charge in [-0.3, -0.25) is 4.79 Å². The van der Waals surface area contributed by atoms with Crippen LogP contribution in [0.5, 0.6) is 0 Å². The molecule has 0 aromatic heterocycles. The molecule has 1 rings (SSSR count).